The van der Waals surface area contributed by atoms with E-state index in [1.54, 1.807) is 20.8 Å². The van der Waals surface area contributed by atoms with Gasteiger partial charge in [-0.25, -0.2) is 0 Å². The van der Waals surface area contributed by atoms with Crippen LogP contribution in [0.4, 0.5) is 0 Å². The first kappa shape index (κ1) is 18.8. The van der Waals surface area contributed by atoms with Crippen LogP contribution in [0.2, 0.25) is 0 Å². The van der Waals surface area contributed by atoms with Gasteiger partial charge in [-0.3, -0.25) is 0 Å². The third-order valence-corrected chi connectivity index (χ3v) is 0.686. The summed E-state index contributed by atoms with van der Waals surface area (Å²) in [6.45, 7) is 8.20. The molecule has 0 rings (SSSR count). The Morgan fingerprint density at radius 3 is 1.85 bits per heavy atom. The molecule has 0 aliphatic rings. The molecule has 0 atom stereocenters. The van der Waals surface area contributed by atoms with Crippen molar-refractivity contribution in [1.29, 1.82) is 0 Å². The molecule has 0 radical (unpaired) electrons. The maximum absolute atomic E-state index is 10.7. The van der Waals surface area contributed by atoms with Crippen LogP contribution in [0.5, 0.6) is 0 Å². The molecule has 5 heteroatoms. The summed E-state index contributed by atoms with van der Waals surface area (Å²) in [5.74, 6) is -1.18. The minimum absolute atomic E-state index is 0. The van der Waals surface area contributed by atoms with Gasteiger partial charge in [0.15, 0.2) is 0 Å². The summed E-state index contributed by atoms with van der Waals surface area (Å²) < 4.78 is 4.79. The van der Waals surface area contributed by atoms with Crippen LogP contribution < -0.4 is 47.9 Å². The van der Waals surface area contributed by atoms with E-state index in [4.69, 9.17) is 4.74 Å². The molecule has 0 aromatic heterocycles. The number of ether oxygens (including phenoxy) is 1. The van der Waals surface area contributed by atoms with Crippen LogP contribution in [-0.4, -0.2) is 5.60 Å². The van der Waals surface area contributed by atoms with E-state index in [0.717, 1.165) is 6.08 Å². The first-order valence-corrected chi connectivity index (χ1v) is 3.25. The summed E-state index contributed by atoms with van der Waals surface area (Å²) in [5, 5.41) is 21.0. The summed E-state index contributed by atoms with van der Waals surface area (Å²) in [7, 11) is 0. The minimum atomic E-state index is -0.641. The zero-order valence-electron chi connectivity index (χ0n) is 9.01. The van der Waals surface area contributed by atoms with Gasteiger partial charge in [0.2, 0.25) is 0 Å². The fourth-order valence-corrected chi connectivity index (χ4v) is 0.463. The van der Waals surface area contributed by atoms with Gasteiger partial charge < -0.3 is 14.9 Å². The van der Waals surface area contributed by atoms with Crippen molar-refractivity contribution < 1.29 is 52.7 Å². The molecular weight excluding hydrogens is 158 g/mol. The topological polar surface area (TPSA) is 55.3 Å². The Bertz CT molecular complexity index is 182. The molecule has 64 valence electrons. The van der Waals surface area contributed by atoms with Crippen LogP contribution in [0.25, 0.3) is 0 Å². The fraction of sp³-hybridized carbons (Fsp3) is 0.500. The average Bonchev–Trinajstić information content (AvgIpc) is 1.53. The van der Waals surface area contributed by atoms with Crippen LogP contribution in [0, 0.1) is 0 Å². The summed E-state index contributed by atoms with van der Waals surface area (Å²) >= 11 is 0. The van der Waals surface area contributed by atoms with Gasteiger partial charge in [0.05, 0.1) is 5.95 Å². The van der Waals surface area contributed by atoms with Gasteiger partial charge >= 0.3 is 37.7 Å². The molecule has 13 heavy (non-hydrogen) atoms. The van der Waals surface area contributed by atoms with E-state index in [1.165, 1.54) is 0 Å². The Kier molecular flexibility index (Phi) is 10.8. The van der Waals surface area contributed by atoms with E-state index in [1.807, 2.05) is 0 Å². The number of hydrogen-bond donors (Lipinski definition) is 0. The van der Waals surface area contributed by atoms with Gasteiger partial charge in [-0.2, -0.15) is 0 Å². The van der Waals surface area contributed by atoms with Crippen LogP contribution in [0.3, 0.4) is 0 Å². The molecule has 0 aromatic rings. The van der Waals surface area contributed by atoms with Gasteiger partial charge in [-0.1, -0.05) is 20.8 Å². The number of hydrogen-bond acceptors (Lipinski definition) is 3. The zero-order chi connectivity index (χ0) is 9.07. The second kappa shape index (κ2) is 7.48. The Hall–Kier alpha value is 0.0748. The van der Waals surface area contributed by atoms with E-state index in [0.29, 0.717) is 0 Å². The van der Waals surface area contributed by atoms with Crippen molar-refractivity contribution in [2.75, 3.05) is 0 Å². The standard InChI is InChI=1S/C8H14O3.2Li/c1-6(9)5-7(10)11-8(2,3)4;;/h5,9-10H,1H2,2-4H3;;/q;2*+1/p-2/b7-5+;;. The zero-order valence-corrected chi connectivity index (χ0v) is 9.01. The molecule has 0 aliphatic carbocycles. The van der Waals surface area contributed by atoms with E-state index in [-0.39, 0.29) is 37.7 Å². The van der Waals surface area contributed by atoms with Crippen molar-refractivity contribution in [3.8, 4) is 0 Å². The molecule has 0 aliphatic heterocycles. The molecule has 0 spiro atoms. The molecule has 0 saturated carbocycles. The monoisotopic (exact) mass is 170 g/mol. The summed E-state index contributed by atoms with van der Waals surface area (Å²) in [6.07, 6.45) is 0.825. The van der Waals surface area contributed by atoms with E-state index >= 15 is 0 Å². The smallest absolute Gasteiger partial charge is 0.873 e. The van der Waals surface area contributed by atoms with Crippen molar-refractivity contribution in [2.45, 2.75) is 26.4 Å². The Balaban J connectivity index is -0.000000500. The second-order valence-corrected chi connectivity index (χ2v) is 3.14. The largest absolute Gasteiger partial charge is 1.00 e. The van der Waals surface area contributed by atoms with Gasteiger partial charge in [0.25, 0.3) is 0 Å². The molecule has 3 nitrogen and oxygen atoms in total. The first-order valence-electron chi connectivity index (χ1n) is 3.25. The normalized spacial score (nSPS) is 10.8. The van der Waals surface area contributed by atoms with Crippen molar-refractivity contribution >= 4 is 0 Å². The van der Waals surface area contributed by atoms with Crippen LogP contribution in [0.1, 0.15) is 20.8 Å². The van der Waals surface area contributed by atoms with Crippen molar-refractivity contribution in [3.05, 3.63) is 24.4 Å². The molecule has 0 aromatic carbocycles. The molecule has 0 fully saturated rings. The molecule has 0 saturated heterocycles. The first-order chi connectivity index (χ1) is 4.81. The van der Waals surface area contributed by atoms with Crippen molar-refractivity contribution in [3.63, 3.8) is 0 Å². The van der Waals surface area contributed by atoms with Crippen LogP contribution >= 0.6 is 0 Å². The van der Waals surface area contributed by atoms with Crippen molar-refractivity contribution in [2.24, 2.45) is 0 Å². The maximum Gasteiger partial charge on any atom is 1.00 e. The fourth-order valence-electron chi connectivity index (χ4n) is 0.463. The molecule has 0 bridgehead atoms. The molecule has 0 amide bonds. The van der Waals surface area contributed by atoms with Gasteiger partial charge in [-0.15, -0.1) is 12.3 Å². The predicted molar refractivity (Wildman–Crippen MR) is 38.1 cm³/mol. The molecule has 0 N–H and O–H groups in total. The maximum atomic E-state index is 10.7. The quantitative estimate of drug-likeness (QED) is 0.235. The van der Waals surface area contributed by atoms with E-state index in [9.17, 15) is 10.2 Å². The average molecular weight is 170 g/mol. The number of allylic oxidation sites excluding steroid dienone is 1. The van der Waals surface area contributed by atoms with Gasteiger partial charge in [0.1, 0.15) is 0 Å². The minimum Gasteiger partial charge on any atom is -0.873 e. The van der Waals surface area contributed by atoms with Crippen LogP contribution in [0.15, 0.2) is 24.4 Å². The molecule has 0 heterocycles. The Morgan fingerprint density at radius 1 is 1.23 bits per heavy atom. The molecule has 0 unspecified atom stereocenters. The van der Waals surface area contributed by atoms with E-state index < -0.39 is 17.3 Å². The third-order valence-electron chi connectivity index (χ3n) is 0.686. The summed E-state index contributed by atoms with van der Waals surface area (Å²) in [5.41, 5.74) is -0.553. The summed E-state index contributed by atoms with van der Waals surface area (Å²) in [4.78, 5) is 0. The summed E-state index contributed by atoms with van der Waals surface area (Å²) in [6, 6.07) is 0. The molecular formula is C8H12Li2O3. The Morgan fingerprint density at radius 2 is 1.62 bits per heavy atom. The van der Waals surface area contributed by atoms with Crippen molar-refractivity contribution in [1.82, 2.24) is 0 Å². The van der Waals surface area contributed by atoms with Gasteiger partial charge in [-0.05, 0) is 6.08 Å². The van der Waals surface area contributed by atoms with Gasteiger partial charge in [0, 0.05) is 5.60 Å². The van der Waals surface area contributed by atoms with E-state index in [2.05, 4.69) is 6.58 Å². The number of rotatable bonds is 2. The third kappa shape index (κ3) is 14.9. The second-order valence-electron chi connectivity index (χ2n) is 3.14. The SMILES string of the molecule is C=C([O-])/C=C(\[O-])OC(C)(C)C.[Li+].[Li+]. The predicted octanol–water partition coefficient (Wildman–Crippen LogP) is -6.11. The van der Waals surface area contributed by atoms with Crippen LogP contribution in [-0.2, 0) is 4.74 Å². The Labute approximate surface area is 103 Å².